The number of anilines is 1. The standard InChI is InChI=1S/C18H16BrFN4O2/c19-14-3-1-2-13(10-14)11-24-12-21-18(23-24)22-17(25)8-9-26-16-6-4-15(20)5-7-16/h1-7,10,12H,8-9,11H2,(H,22,23,25). The van der Waals surface area contributed by atoms with Gasteiger partial charge in [0.2, 0.25) is 11.9 Å². The summed E-state index contributed by atoms with van der Waals surface area (Å²) in [6.45, 7) is 0.728. The lowest BCUT2D eigenvalue weighted by atomic mass is 10.2. The molecule has 6 nitrogen and oxygen atoms in total. The minimum absolute atomic E-state index is 0.136. The molecule has 8 heteroatoms. The first-order valence-corrected chi connectivity index (χ1v) is 8.70. The number of nitrogens with zero attached hydrogens (tertiary/aromatic N) is 3. The van der Waals surface area contributed by atoms with Crippen molar-refractivity contribution < 1.29 is 13.9 Å². The molecule has 2 aromatic carbocycles. The summed E-state index contributed by atoms with van der Waals surface area (Å²) in [6.07, 6.45) is 1.70. The van der Waals surface area contributed by atoms with Crippen LogP contribution in [0.2, 0.25) is 0 Å². The number of carbonyl (C=O) groups is 1. The number of hydrogen-bond acceptors (Lipinski definition) is 4. The highest BCUT2D eigenvalue weighted by molar-refractivity contribution is 9.10. The number of carbonyl (C=O) groups excluding carboxylic acids is 1. The first-order valence-electron chi connectivity index (χ1n) is 7.90. The van der Waals surface area contributed by atoms with E-state index in [9.17, 15) is 9.18 Å². The van der Waals surface area contributed by atoms with Crippen LogP contribution in [0.5, 0.6) is 5.75 Å². The Morgan fingerprint density at radius 1 is 1.23 bits per heavy atom. The fourth-order valence-electron chi connectivity index (χ4n) is 2.23. The lowest BCUT2D eigenvalue weighted by Crippen LogP contribution is -2.16. The molecule has 0 atom stereocenters. The van der Waals surface area contributed by atoms with E-state index in [1.54, 1.807) is 11.0 Å². The number of aromatic nitrogens is 3. The molecule has 3 rings (SSSR count). The number of nitrogens with one attached hydrogen (secondary N) is 1. The highest BCUT2D eigenvalue weighted by atomic mass is 79.9. The minimum Gasteiger partial charge on any atom is -0.493 e. The average molecular weight is 419 g/mol. The molecule has 3 aromatic rings. The maximum atomic E-state index is 12.8. The van der Waals surface area contributed by atoms with Crippen LogP contribution in [0.4, 0.5) is 10.3 Å². The molecule has 0 saturated heterocycles. The van der Waals surface area contributed by atoms with Gasteiger partial charge in [0.05, 0.1) is 19.6 Å². The van der Waals surface area contributed by atoms with E-state index >= 15 is 0 Å². The van der Waals surface area contributed by atoms with E-state index in [-0.39, 0.29) is 30.7 Å². The van der Waals surface area contributed by atoms with E-state index < -0.39 is 0 Å². The second-order valence-electron chi connectivity index (χ2n) is 5.50. The average Bonchev–Trinajstić information content (AvgIpc) is 3.03. The molecule has 134 valence electrons. The van der Waals surface area contributed by atoms with E-state index in [1.807, 2.05) is 24.3 Å². The number of ether oxygens (including phenoxy) is 1. The molecule has 1 aromatic heterocycles. The quantitative estimate of drug-likeness (QED) is 0.635. The van der Waals surface area contributed by atoms with Crippen LogP contribution in [0.3, 0.4) is 0 Å². The summed E-state index contributed by atoms with van der Waals surface area (Å²) in [5.74, 6) is 0.161. The number of hydrogen-bond donors (Lipinski definition) is 1. The third-order valence-electron chi connectivity index (χ3n) is 3.43. The lowest BCUT2D eigenvalue weighted by molar-refractivity contribution is -0.116. The molecule has 0 bridgehead atoms. The van der Waals surface area contributed by atoms with E-state index in [0.29, 0.717) is 12.3 Å². The van der Waals surface area contributed by atoms with Crippen molar-refractivity contribution in [3.63, 3.8) is 0 Å². The summed E-state index contributed by atoms with van der Waals surface area (Å²) in [4.78, 5) is 16.0. The molecular formula is C18H16BrFN4O2. The fourth-order valence-corrected chi connectivity index (χ4v) is 2.68. The largest absolute Gasteiger partial charge is 0.493 e. The Balaban J connectivity index is 1.46. The Labute approximate surface area is 158 Å². The molecule has 1 N–H and O–H groups in total. The summed E-state index contributed by atoms with van der Waals surface area (Å²) in [5.41, 5.74) is 1.06. The van der Waals surface area contributed by atoms with Gasteiger partial charge >= 0.3 is 0 Å². The summed E-state index contributed by atoms with van der Waals surface area (Å²) in [7, 11) is 0. The Morgan fingerprint density at radius 2 is 2.04 bits per heavy atom. The van der Waals surface area contributed by atoms with Gasteiger partial charge in [-0.1, -0.05) is 28.1 Å². The zero-order valence-corrected chi connectivity index (χ0v) is 15.3. The third kappa shape index (κ3) is 5.38. The molecule has 0 spiro atoms. The van der Waals surface area contributed by atoms with Gasteiger partial charge in [-0.2, -0.15) is 0 Å². The number of benzene rings is 2. The second kappa shape index (κ2) is 8.57. The molecule has 0 aliphatic carbocycles. The van der Waals surface area contributed by atoms with Gasteiger partial charge in [0.1, 0.15) is 17.9 Å². The van der Waals surface area contributed by atoms with Crippen molar-refractivity contribution in [1.29, 1.82) is 0 Å². The van der Waals surface area contributed by atoms with E-state index in [4.69, 9.17) is 4.74 Å². The maximum Gasteiger partial charge on any atom is 0.248 e. The van der Waals surface area contributed by atoms with Crippen LogP contribution in [0.15, 0.2) is 59.3 Å². The van der Waals surface area contributed by atoms with Crippen molar-refractivity contribution in [3.8, 4) is 5.75 Å². The van der Waals surface area contributed by atoms with Gasteiger partial charge in [-0.05, 0) is 42.0 Å². The van der Waals surface area contributed by atoms with E-state index in [2.05, 4.69) is 31.3 Å². The van der Waals surface area contributed by atoms with Crippen LogP contribution in [-0.4, -0.2) is 27.3 Å². The zero-order chi connectivity index (χ0) is 18.4. The normalized spacial score (nSPS) is 10.5. The first-order chi connectivity index (χ1) is 12.6. The SMILES string of the molecule is O=C(CCOc1ccc(F)cc1)Nc1ncn(Cc2cccc(Br)c2)n1. The predicted octanol–water partition coefficient (Wildman–Crippen LogP) is 3.64. The summed E-state index contributed by atoms with van der Waals surface area (Å²) >= 11 is 3.43. The molecule has 0 unspecified atom stereocenters. The third-order valence-corrected chi connectivity index (χ3v) is 3.93. The van der Waals surface area contributed by atoms with Gasteiger partial charge in [0.15, 0.2) is 0 Å². The first kappa shape index (κ1) is 18.1. The molecule has 0 aliphatic rings. The van der Waals surface area contributed by atoms with Crippen molar-refractivity contribution in [2.45, 2.75) is 13.0 Å². The van der Waals surface area contributed by atoms with Crippen LogP contribution >= 0.6 is 15.9 Å². The van der Waals surface area contributed by atoms with Crippen molar-refractivity contribution in [1.82, 2.24) is 14.8 Å². The van der Waals surface area contributed by atoms with Gasteiger partial charge in [0.25, 0.3) is 0 Å². The minimum atomic E-state index is -0.334. The van der Waals surface area contributed by atoms with Gasteiger partial charge in [0, 0.05) is 4.47 Å². The second-order valence-corrected chi connectivity index (χ2v) is 6.41. The monoisotopic (exact) mass is 418 g/mol. The summed E-state index contributed by atoms with van der Waals surface area (Å²) < 4.78 is 20.8. The molecule has 0 saturated carbocycles. The van der Waals surface area contributed by atoms with Crippen molar-refractivity contribution in [3.05, 3.63) is 70.7 Å². The molecule has 0 fully saturated rings. The molecule has 1 heterocycles. The molecule has 1 amide bonds. The topological polar surface area (TPSA) is 69.0 Å². The number of halogens is 2. The number of rotatable bonds is 7. The van der Waals surface area contributed by atoms with Gasteiger partial charge in [-0.3, -0.25) is 10.1 Å². The van der Waals surface area contributed by atoms with Crippen LogP contribution in [-0.2, 0) is 11.3 Å². The summed E-state index contributed by atoms with van der Waals surface area (Å²) in [6, 6.07) is 13.5. The van der Waals surface area contributed by atoms with Gasteiger partial charge in [-0.15, -0.1) is 5.10 Å². The highest BCUT2D eigenvalue weighted by Gasteiger charge is 2.07. The fraction of sp³-hybridized carbons (Fsp3) is 0.167. The van der Waals surface area contributed by atoms with Crippen LogP contribution < -0.4 is 10.1 Å². The van der Waals surface area contributed by atoms with Crippen molar-refractivity contribution in [2.75, 3.05) is 11.9 Å². The Bertz CT molecular complexity index is 883. The zero-order valence-electron chi connectivity index (χ0n) is 13.7. The Hall–Kier alpha value is -2.74. The smallest absolute Gasteiger partial charge is 0.248 e. The summed E-state index contributed by atoms with van der Waals surface area (Å²) in [5, 5.41) is 6.85. The van der Waals surface area contributed by atoms with Crippen LogP contribution in [0.1, 0.15) is 12.0 Å². The van der Waals surface area contributed by atoms with Gasteiger partial charge in [-0.25, -0.2) is 14.1 Å². The van der Waals surface area contributed by atoms with Crippen molar-refractivity contribution in [2.24, 2.45) is 0 Å². The maximum absolute atomic E-state index is 12.8. The lowest BCUT2D eigenvalue weighted by Gasteiger charge is -2.05. The van der Waals surface area contributed by atoms with Gasteiger partial charge < -0.3 is 4.74 Å². The van der Waals surface area contributed by atoms with Crippen molar-refractivity contribution >= 4 is 27.8 Å². The molecular weight excluding hydrogens is 403 g/mol. The number of amides is 1. The van der Waals surface area contributed by atoms with Crippen LogP contribution in [0, 0.1) is 5.82 Å². The van der Waals surface area contributed by atoms with E-state index in [0.717, 1.165) is 10.0 Å². The van der Waals surface area contributed by atoms with E-state index in [1.165, 1.54) is 24.3 Å². The Morgan fingerprint density at radius 3 is 2.81 bits per heavy atom. The predicted molar refractivity (Wildman–Crippen MR) is 98.4 cm³/mol. The molecule has 26 heavy (non-hydrogen) atoms. The Kier molecular flexibility index (Phi) is 5.96. The molecule has 0 radical (unpaired) electrons. The highest BCUT2D eigenvalue weighted by Crippen LogP contribution is 2.13. The van der Waals surface area contributed by atoms with Crippen LogP contribution in [0.25, 0.3) is 0 Å². The molecule has 0 aliphatic heterocycles.